The van der Waals surface area contributed by atoms with Crippen molar-refractivity contribution in [3.63, 3.8) is 0 Å². The lowest BCUT2D eigenvalue weighted by Crippen LogP contribution is -2.17. The second-order valence-corrected chi connectivity index (χ2v) is 8.18. The number of anilines is 2. The van der Waals surface area contributed by atoms with Crippen molar-refractivity contribution in [2.24, 2.45) is 5.73 Å². The van der Waals surface area contributed by atoms with E-state index in [9.17, 15) is 0 Å². The third-order valence-corrected chi connectivity index (χ3v) is 5.24. The van der Waals surface area contributed by atoms with Crippen molar-refractivity contribution in [1.82, 2.24) is 15.0 Å². The molecule has 3 aromatic rings. The van der Waals surface area contributed by atoms with Gasteiger partial charge in [-0.1, -0.05) is 48.0 Å². The summed E-state index contributed by atoms with van der Waals surface area (Å²) in [5.41, 5.74) is 11.2. The zero-order chi connectivity index (χ0) is 24.2. The van der Waals surface area contributed by atoms with Crippen molar-refractivity contribution in [2.75, 3.05) is 56.7 Å². The molecule has 0 saturated carbocycles. The summed E-state index contributed by atoms with van der Waals surface area (Å²) in [6.45, 7) is 10.2. The number of benzene rings is 2. The molecule has 1 heterocycles. The highest BCUT2D eigenvalue weighted by atomic mass is 16.5. The summed E-state index contributed by atoms with van der Waals surface area (Å²) in [5, 5.41) is 6.63. The molecule has 0 unspecified atom stereocenters. The van der Waals surface area contributed by atoms with Crippen LogP contribution in [0.15, 0.2) is 42.5 Å². The topological polar surface area (TPSA) is 107 Å². The maximum Gasteiger partial charge on any atom is 0.228 e. The maximum absolute atomic E-state index is 5.60. The quantitative estimate of drug-likeness (QED) is 0.311. The Labute approximate surface area is 202 Å². The van der Waals surface area contributed by atoms with Crippen LogP contribution in [0, 0.1) is 20.8 Å². The van der Waals surface area contributed by atoms with E-state index in [0.29, 0.717) is 57.2 Å². The maximum atomic E-state index is 5.60. The van der Waals surface area contributed by atoms with Gasteiger partial charge >= 0.3 is 0 Å². The van der Waals surface area contributed by atoms with Gasteiger partial charge in [0.25, 0.3) is 0 Å². The molecule has 0 aliphatic carbocycles. The number of nitrogens with zero attached hydrogens (tertiary/aromatic N) is 3. The van der Waals surface area contributed by atoms with Gasteiger partial charge in [-0.2, -0.15) is 15.0 Å². The molecule has 2 aromatic carbocycles. The third kappa shape index (κ3) is 8.06. The third-order valence-electron chi connectivity index (χ3n) is 5.24. The fourth-order valence-electron chi connectivity index (χ4n) is 3.78. The Balaban J connectivity index is 1.69. The fraction of sp³-hybridized carbons (Fsp3) is 0.423. The van der Waals surface area contributed by atoms with E-state index in [0.717, 1.165) is 29.7 Å². The minimum absolute atomic E-state index is 0.519. The molecule has 0 saturated heterocycles. The van der Waals surface area contributed by atoms with Crippen LogP contribution in [0.3, 0.4) is 0 Å². The first kappa shape index (κ1) is 25.6. The molecule has 0 radical (unpaired) electrons. The SMILES string of the molecule is Cc1cc(C)c(-c2nc(NCCOCCOCCN)nc(NCCc3ccccc3)n2)c(C)c1. The predicted molar refractivity (Wildman–Crippen MR) is 137 cm³/mol. The lowest BCUT2D eigenvalue weighted by molar-refractivity contribution is 0.0547. The van der Waals surface area contributed by atoms with Gasteiger partial charge < -0.3 is 25.8 Å². The van der Waals surface area contributed by atoms with Crippen LogP contribution in [-0.2, 0) is 15.9 Å². The van der Waals surface area contributed by atoms with Crippen LogP contribution in [0.2, 0.25) is 0 Å². The molecule has 0 amide bonds. The number of nitrogens with one attached hydrogen (secondary N) is 2. The average molecular weight is 465 g/mol. The van der Waals surface area contributed by atoms with Gasteiger partial charge in [-0.05, 0) is 43.9 Å². The van der Waals surface area contributed by atoms with Crippen molar-refractivity contribution >= 4 is 11.9 Å². The molecule has 4 N–H and O–H groups in total. The van der Waals surface area contributed by atoms with E-state index in [1.807, 2.05) is 18.2 Å². The zero-order valence-corrected chi connectivity index (χ0v) is 20.4. The van der Waals surface area contributed by atoms with E-state index in [1.165, 1.54) is 11.1 Å². The number of rotatable bonds is 14. The summed E-state index contributed by atoms with van der Waals surface area (Å²) >= 11 is 0. The molecule has 0 atom stereocenters. The first-order valence-corrected chi connectivity index (χ1v) is 11.8. The van der Waals surface area contributed by atoms with Gasteiger partial charge in [-0.15, -0.1) is 0 Å². The summed E-state index contributed by atoms with van der Waals surface area (Å²) in [4.78, 5) is 14.0. The second kappa shape index (κ2) is 13.6. The van der Waals surface area contributed by atoms with Crippen LogP contribution in [0.25, 0.3) is 11.4 Å². The molecule has 0 spiro atoms. The van der Waals surface area contributed by atoms with Crippen LogP contribution in [0.5, 0.6) is 0 Å². The van der Waals surface area contributed by atoms with Gasteiger partial charge in [0.1, 0.15) is 0 Å². The molecule has 182 valence electrons. The summed E-state index contributed by atoms with van der Waals surface area (Å²) in [6, 6.07) is 14.7. The summed E-state index contributed by atoms with van der Waals surface area (Å²) in [6.07, 6.45) is 0.882. The fourth-order valence-corrected chi connectivity index (χ4v) is 3.78. The molecule has 8 heteroatoms. The summed E-state index contributed by atoms with van der Waals surface area (Å²) in [7, 11) is 0. The zero-order valence-electron chi connectivity index (χ0n) is 20.4. The minimum atomic E-state index is 0.519. The van der Waals surface area contributed by atoms with Crippen LogP contribution in [0.4, 0.5) is 11.9 Å². The predicted octanol–water partition coefficient (Wildman–Crippen LogP) is 3.52. The van der Waals surface area contributed by atoms with Crippen LogP contribution >= 0.6 is 0 Å². The smallest absolute Gasteiger partial charge is 0.228 e. The first-order chi connectivity index (χ1) is 16.6. The molecule has 3 rings (SSSR count). The summed E-state index contributed by atoms with van der Waals surface area (Å²) < 4.78 is 10.9. The molecule has 34 heavy (non-hydrogen) atoms. The van der Waals surface area contributed by atoms with Gasteiger partial charge in [-0.25, -0.2) is 0 Å². The van der Waals surface area contributed by atoms with Gasteiger partial charge in [0, 0.05) is 25.2 Å². The number of hydrogen-bond acceptors (Lipinski definition) is 8. The number of hydrogen-bond donors (Lipinski definition) is 3. The Hall–Kier alpha value is -3.07. The molecule has 0 fully saturated rings. The molecule has 0 aliphatic heterocycles. The average Bonchev–Trinajstić information content (AvgIpc) is 2.81. The standard InChI is InChI=1S/C26H36N6O2/c1-19-17-20(2)23(21(3)18-19)24-30-25(28-11-9-22-7-5-4-6-8-22)32-26(31-24)29-12-14-34-16-15-33-13-10-27/h4-8,17-18H,9-16,27H2,1-3H3,(H2,28,29,30,31,32). The van der Waals surface area contributed by atoms with Crippen LogP contribution in [-0.4, -0.2) is 61.0 Å². The van der Waals surface area contributed by atoms with Crippen molar-refractivity contribution in [1.29, 1.82) is 0 Å². The van der Waals surface area contributed by atoms with E-state index in [-0.39, 0.29) is 0 Å². The molecule has 8 nitrogen and oxygen atoms in total. The number of aryl methyl sites for hydroxylation is 3. The highest BCUT2D eigenvalue weighted by Crippen LogP contribution is 2.27. The van der Waals surface area contributed by atoms with Crippen molar-refractivity contribution < 1.29 is 9.47 Å². The first-order valence-electron chi connectivity index (χ1n) is 11.8. The van der Waals surface area contributed by atoms with Gasteiger partial charge in [-0.3, -0.25) is 0 Å². The van der Waals surface area contributed by atoms with E-state index in [2.05, 4.69) is 60.7 Å². The lowest BCUT2D eigenvalue weighted by Gasteiger charge is -2.14. The molecular formula is C26H36N6O2. The number of nitrogens with two attached hydrogens (primary N) is 1. The normalized spacial score (nSPS) is 10.9. The Morgan fingerprint density at radius 3 is 2.03 bits per heavy atom. The second-order valence-electron chi connectivity index (χ2n) is 8.18. The highest BCUT2D eigenvalue weighted by Gasteiger charge is 2.13. The molecule has 0 bridgehead atoms. The molecule has 1 aromatic heterocycles. The summed E-state index contributed by atoms with van der Waals surface area (Å²) in [5.74, 6) is 1.74. The van der Waals surface area contributed by atoms with Gasteiger partial charge in [0.05, 0.1) is 26.4 Å². The number of ether oxygens (including phenoxy) is 2. The molecule has 0 aliphatic rings. The highest BCUT2D eigenvalue weighted by molar-refractivity contribution is 5.67. The Morgan fingerprint density at radius 2 is 1.38 bits per heavy atom. The van der Waals surface area contributed by atoms with Crippen molar-refractivity contribution in [2.45, 2.75) is 27.2 Å². The van der Waals surface area contributed by atoms with Crippen molar-refractivity contribution in [3.05, 3.63) is 64.7 Å². The minimum Gasteiger partial charge on any atom is -0.378 e. The van der Waals surface area contributed by atoms with E-state index < -0.39 is 0 Å². The van der Waals surface area contributed by atoms with Crippen LogP contribution < -0.4 is 16.4 Å². The Morgan fingerprint density at radius 1 is 0.765 bits per heavy atom. The Kier molecular flexibility index (Phi) is 10.2. The van der Waals surface area contributed by atoms with Gasteiger partial charge in [0.15, 0.2) is 5.82 Å². The van der Waals surface area contributed by atoms with E-state index >= 15 is 0 Å². The van der Waals surface area contributed by atoms with Crippen molar-refractivity contribution in [3.8, 4) is 11.4 Å². The lowest BCUT2D eigenvalue weighted by atomic mass is 9.99. The van der Waals surface area contributed by atoms with E-state index in [4.69, 9.17) is 25.2 Å². The van der Waals surface area contributed by atoms with Gasteiger partial charge in [0.2, 0.25) is 11.9 Å². The monoisotopic (exact) mass is 464 g/mol. The van der Waals surface area contributed by atoms with Crippen LogP contribution in [0.1, 0.15) is 22.3 Å². The molecular weight excluding hydrogens is 428 g/mol. The largest absolute Gasteiger partial charge is 0.378 e. The number of aromatic nitrogens is 3. The Bertz CT molecular complexity index is 1010. The van der Waals surface area contributed by atoms with E-state index in [1.54, 1.807) is 0 Å².